The van der Waals surface area contributed by atoms with Gasteiger partial charge in [-0.1, -0.05) is 34.8 Å². The van der Waals surface area contributed by atoms with Crippen LogP contribution in [0, 0.1) is 0 Å². The summed E-state index contributed by atoms with van der Waals surface area (Å²) in [6.45, 7) is 0. The van der Waals surface area contributed by atoms with E-state index in [0.29, 0.717) is 5.02 Å². The van der Waals surface area contributed by atoms with E-state index < -0.39 is 0 Å². The van der Waals surface area contributed by atoms with Gasteiger partial charge in [0.1, 0.15) is 10.8 Å². The van der Waals surface area contributed by atoms with E-state index in [1.54, 1.807) is 0 Å². The van der Waals surface area contributed by atoms with Gasteiger partial charge in [-0.3, -0.25) is 0 Å². The summed E-state index contributed by atoms with van der Waals surface area (Å²) in [4.78, 5) is 0. The Labute approximate surface area is 92.0 Å². The van der Waals surface area contributed by atoms with Crippen LogP contribution >= 0.6 is 34.8 Å². The maximum absolute atomic E-state index is 8.95. The molecule has 0 aromatic heterocycles. The molecule has 0 saturated carbocycles. The smallest absolute Gasteiger partial charge is 0.135 e. The Morgan fingerprint density at radius 2 is 1.55 bits per heavy atom. The molecule has 0 heterocycles. The van der Waals surface area contributed by atoms with Crippen molar-refractivity contribution in [3.8, 4) is 5.75 Å². The van der Waals surface area contributed by atoms with Crippen LogP contribution in [0.2, 0.25) is 15.1 Å². The fraction of sp³-hybridized carbons (Fsp3) is 0. The average molecular weight is 263 g/mol. The first-order valence-corrected chi connectivity index (χ1v) is 3.59. The number of benzene rings is 1. The van der Waals surface area contributed by atoms with E-state index in [4.69, 9.17) is 39.9 Å². The Kier molecular flexibility index (Phi) is 4.73. The average Bonchev–Trinajstić information content (AvgIpc) is 1.93. The molecule has 1 aromatic carbocycles. The second-order valence-electron chi connectivity index (χ2n) is 1.69. The van der Waals surface area contributed by atoms with Crippen LogP contribution in [0.1, 0.15) is 0 Å². The molecular weight excluding hydrogens is 260 g/mol. The number of phenols is 1. The van der Waals surface area contributed by atoms with E-state index in [1.807, 2.05) is 0 Å². The first kappa shape index (κ1) is 11.5. The summed E-state index contributed by atoms with van der Waals surface area (Å²) in [7, 11) is 0. The predicted molar refractivity (Wildman–Crippen MR) is 43.1 cm³/mol. The zero-order valence-corrected chi connectivity index (χ0v) is 10.7. The molecule has 0 atom stereocenters. The minimum Gasteiger partial charge on any atom is -0.506 e. The standard InChI is InChI=1S/C6H3Cl3O.Zn/c7-3-1-2-4(10)6(9)5(3)8;/h1-2,10H;. The molecule has 0 saturated heterocycles. The van der Waals surface area contributed by atoms with E-state index >= 15 is 0 Å². The molecule has 1 N–H and O–H groups in total. The molecule has 1 aromatic rings. The number of hydrogen-bond donors (Lipinski definition) is 1. The Bertz CT molecular complexity index is 237. The monoisotopic (exact) mass is 260 g/mol. The molecule has 0 aliphatic rings. The SMILES string of the molecule is Oc1ccc(Cl)c(Cl)c1Cl.[Zn]. The second kappa shape index (κ2) is 4.52. The normalized spacial score (nSPS) is 9.00. The number of phenolic OH excluding ortho intramolecular Hbond substituents is 1. The van der Waals surface area contributed by atoms with Crippen molar-refractivity contribution in [3.63, 3.8) is 0 Å². The molecule has 0 unspecified atom stereocenters. The molecule has 0 aliphatic heterocycles. The first-order valence-electron chi connectivity index (χ1n) is 2.45. The van der Waals surface area contributed by atoms with Crippen molar-refractivity contribution < 1.29 is 24.6 Å². The van der Waals surface area contributed by atoms with Crippen LogP contribution in [0.25, 0.3) is 0 Å². The molecule has 0 aliphatic carbocycles. The second-order valence-corrected chi connectivity index (χ2v) is 2.86. The molecule has 1 rings (SSSR count). The van der Waals surface area contributed by atoms with E-state index in [-0.39, 0.29) is 35.3 Å². The van der Waals surface area contributed by atoms with E-state index in [9.17, 15) is 0 Å². The van der Waals surface area contributed by atoms with Crippen molar-refractivity contribution in [2.24, 2.45) is 0 Å². The van der Waals surface area contributed by atoms with E-state index in [2.05, 4.69) is 0 Å². The van der Waals surface area contributed by atoms with Crippen LogP contribution in [0.3, 0.4) is 0 Å². The Hall–Kier alpha value is 0.513. The summed E-state index contributed by atoms with van der Waals surface area (Å²) < 4.78 is 0. The Morgan fingerprint density at radius 3 is 2.00 bits per heavy atom. The molecule has 0 bridgehead atoms. The summed E-state index contributed by atoms with van der Waals surface area (Å²) in [6, 6.07) is 2.86. The van der Waals surface area contributed by atoms with Gasteiger partial charge >= 0.3 is 0 Å². The number of hydrogen-bond acceptors (Lipinski definition) is 1. The summed E-state index contributed by atoms with van der Waals surface area (Å²) in [5.41, 5.74) is 0. The van der Waals surface area contributed by atoms with Gasteiger partial charge in [0.15, 0.2) is 0 Å². The van der Waals surface area contributed by atoms with E-state index in [1.165, 1.54) is 12.1 Å². The number of rotatable bonds is 0. The summed E-state index contributed by atoms with van der Waals surface area (Å²) in [5.74, 6) is -0.0592. The molecule has 0 fully saturated rings. The van der Waals surface area contributed by atoms with Gasteiger partial charge in [0, 0.05) is 19.5 Å². The van der Waals surface area contributed by atoms with Crippen molar-refractivity contribution in [1.82, 2.24) is 0 Å². The maximum atomic E-state index is 8.95. The predicted octanol–water partition coefficient (Wildman–Crippen LogP) is 3.35. The third kappa shape index (κ3) is 2.48. The maximum Gasteiger partial charge on any atom is 0.135 e. The van der Waals surface area contributed by atoms with Crippen LogP contribution in [0.4, 0.5) is 0 Å². The van der Waals surface area contributed by atoms with Gasteiger partial charge in [0.25, 0.3) is 0 Å². The van der Waals surface area contributed by atoms with Gasteiger partial charge in [0.05, 0.1) is 10.0 Å². The van der Waals surface area contributed by atoms with Gasteiger partial charge in [-0.15, -0.1) is 0 Å². The molecular formula is C6H3Cl3OZn. The molecule has 11 heavy (non-hydrogen) atoms. The summed E-state index contributed by atoms with van der Waals surface area (Å²) in [5, 5.41) is 9.56. The zero-order valence-electron chi connectivity index (χ0n) is 5.44. The van der Waals surface area contributed by atoms with Crippen molar-refractivity contribution in [1.29, 1.82) is 0 Å². The third-order valence-electron chi connectivity index (χ3n) is 1.01. The van der Waals surface area contributed by atoms with Crippen LogP contribution in [0.15, 0.2) is 12.1 Å². The number of halogens is 3. The van der Waals surface area contributed by atoms with Crippen LogP contribution < -0.4 is 0 Å². The van der Waals surface area contributed by atoms with Gasteiger partial charge in [-0.25, -0.2) is 0 Å². The Balaban J connectivity index is 0.000001000. The Morgan fingerprint density at radius 1 is 1.00 bits per heavy atom. The minimum atomic E-state index is -0.0592. The zero-order chi connectivity index (χ0) is 7.72. The largest absolute Gasteiger partial charge is 0.506 e. The summed E-state index contributed by atoms with van der Waals surface area (Å²) >= 11 is 16.6. The van der Waals surface area contributed by atoms with Crippen molar-refractivity contribution in [2.45, 2.75) is 0 Å². The van der Waals surface area contributed by atoms with Gasteiger partial charge in [-0.2, -0.15) is 0 Å². The fourth-order valence-corrected chi connectivity index (χ4v) is 1.05. The third-order valence-corrected chi connectivity index (χ3v) is 2.30. The van der Waals surface area contributed by atoms with Gasteiger partial charge in [0.2, 0.25) is 0 Å². The molecule has 0 radical (unpaired) electrons. The molecule has 56 valence electrons. The summed E-state index contributed by atoms with van der Waals surface area (Å²) in [6.07, 6.45) is 0. The van der Waals surface area contributed by atoms with Crippen molar-refractivity contribution in [3.05, 3.63) is 27.2 Å². The quantitative estimate of drug-likeness (QED) is 0.562. The van der Waals surface area contributed by atoms with Gasteiger partial charge in [-0.05, 0) is 12.1 Å². The molecule has 1 nitrogen and oxygen atoms in total. The van der Waals surface area contributed by atoms with Crippen LogP contribution in [0.5, 0.6) is 5.75 Å². The molecule has 5 heteroatoms. The molecule has 0 spiro atoms. The van der Waals surface area contributed by atoms with Crippen LogP contribution in [-0.2, 0) is 19.5 Å². The first-order chi connectivity index (χ1) is 4.63. The van der Waals surface area contributed by atoms with Crippen LogP contribution in [-0.4, -0.2) is 5.11 Å². The number of aromatic hydroxyl groups is 1. The van der Waals surface area contributed by atoms with Crippen molar-refractivity contribution >= 4 is 34.8 Å². The van der Waals surface area contributed by atoms with E-state index in [0.717, 1.165) is 0 Å². The fourth-order valence-electron chi connectivity index (χ4n) is 0.516. The minimum absolute atomic E-state index is 0. The van der Waals surface area contributed by atoms with Crippen molar-refractivity contribution in [2.75, 3.05) is 0 Å². The topological polar surface area (TPSA) is 20.2 Å². The van der Waals surface area contributed by atoms with Gasteiger partial charge < -0.3 is 5.11 Å². The molecule has 0 amide bonds.